The van der Waals surface area contributed by atoms with Crippen LogP contribution in [0.4, 0.5) is 14.9 Å². The molecular formula is C26H24FN3O. The molecule has 4 nitrogen and oxygen atoms in total. The molecule has 0 unspecified atom stereocenters. The molecule has 2 amide bonds. The van der Waals surface area contributed by atoms with Crippen molar-refractivity contribution >= 4 is 11.7 Å². The number of carbonyl (C=O) groups is 1. The van der Waals surface area contributed by atoms with Crippen LogP contribution in [0, 0.1) is 5.82 Å². The Balaban J connectivity index is 1.54. The van der Waals surface area contributed by atoms with Crippen LogP contribution < -0.4 is 5.32 Å². The van der Waals surface area contributed by atoms with Crippen molar-refractivity contribution in [2.75, 3.05) is 5.32 Å². The van der Waals surface area contributed by atoms with Gasteiger partial charge in [0.25, 0.3) is 0 Å². The third-order valence-electron chi connectivity index (χ3n) is 5.07. The summed E-state index contributed by atoms with van der Waals surface area (Å²) in [4.78, 5) is 14.9. The van der Waals surface area contributed by atoms with Crippen LogP contribution in [-0.2, 0) is 19.6 Å². The molecule has 0 fully saturated rings. The molecule has 156 valence electrons. The van der Waals surface area contributed by atoms with Crippen LogP contribution in [-0.4, -0.2) is 15.5 Å². The van der Waals surface area contributed by atoms with E-state index >= 15 is 0 Å². The average Bonchev–Trinajstić information content (AvgIpc) is 3.23. The van der Waals surface area contributed by atoms with Crippen LogP contribution in [0.5, 0.6) is 0 Å². The molecule has 0 aliphatic heterocycles. The highest BCUT2D eigenvalue weighted by Gasteiger charge is 2.17. The lowest BCUT2D eigenvalue weighted by atomic mass is 10.2. The Morgan fingerprint density at radius 1 is 0.774 bits per heavy atom. The molecule has 5 heteroatoms. The van der Waals surface area contributed by atoms with Crippen molar-refractivity contribution in [2.45, 2.75) is 19.6 Å². The molecule has 0 radical (unpaired) electrons. The van der Waals surface area contributed by atoms with Crippen molar-refractivity contribution in [3.05, 3.63) is 126 Å². The first-order valence-electron chi connectivity index (χ1n) is 10.2. The van der Waals surface area contributed by atoms with Gasteiger partial charge in [0.1, 0.15) is 5.82 Å². The standard InChI is InChI=1S/C26H24FN3O/c27-23-15-13-22(14-16-23)18-29-17-7-12-25(29)20-30(19-21-8-3-1-4-9-21)26(31)28-24-10-5-2-6-11-24/h1-17H,18-20H2,(H,28,31). The fourth-order valence-corrected chi connectivity index (χ4v) is 3.46. The molecule has 0 saturated carbocycles. The second-order valence-electron chi connectivity index (χ2n) is 7.39. The van der Waals surface area contributed by atoms with E-state index in [9.17, 15) is 9.18 Å². The summed E-state index contributed by atoms with van der Waals surface area (Å²) >= 11 is 0. The van der Waals surface area contributed by atoms with Crippen LogP contribution in [0.25, 0.3) is 0 Å². The molecule has 0 aliphatic rings. The number of halogens is 1. The second kappa shape index (κ2) is 9.76. The van der Waals surface area contributed by atoms with Gasteiger partial charge in [-0.2, -0.15) is 0 Å². The van der Waals surface area contributed by atoms with Gasteiger partial charge in [0.2, 0.25) is 0 Å². The minimum Gasteiger partial charge on any atom is -0.345 e. The first-order chi connectivity index (χ1) is 15.2. The van der Waals surface area contributed by atoms with Gasteiger partial charge in [0.05, 0.1) is 6.54 Å². The second-order valence-corrected chi connectivity index (χ2v) is 7.39. The molecule has 1 heterocycles. The van der Waals surface area contributed by atoms with Gasteiger partial charge >= 0.3 is 6.03 Å². The third-order valence-corrected chi connectivity index (χ3v) is 5.07. The van der Waals surface area contributed by atoms with Gasteiger partial charge in [0, 0.05) is 30.7 Å². The van der Waals surface area contributed by atoms with E-state index in [0.29, 0.717) is 19.6 Å². The third kappa shape index (κ3) is 5.60. The van der Waals surface area contributed by atoms with Gasteiger partial charge in [-0.1, -0.05) is 60.7 Å². The quantitative estimate of drug-likeness (QED) is 0.402. The molecule has 1 aromatic heterocycles. The van der Waals surface area contributed by atoms with Gasteiger partial charge in [-0.15, -0.1) is 0 Å². The number of aromatic nitrogens is 1. The Morgan fingerprint density at radius 2 is 1.45 bits per heavy atom. The number of nitrogens with zero attached hydrogens (tertiary/aromatic N) is 2. The van der Waals surface area contributed by atoms with Crippen molar-refractivity contribution in [3.8, 4) is 0 Å². The zero-order valence-corrected chi connectivity index (χ0v) is 17.1. The van der Waals surface area contributed by atoms with Crippen molar-refractivity contribution in [1.29, 1.82) is 0 Å². The molecule has 0 bridgehead atoms. The largest absolute Gasteiger partial charge is 0.345 e. The molecule has 0 aliphatic carbocycles. The zero-order valence-electron chi connectivity index (χ0n) is 17.1. The minimum atomic E-state index is -0.247. The normalized spacial score (nSPS) is 10.6. The number of nitrogens with one attached hydrogen (secondary N) is 1. The molecule has 3 aromatic carbocycles. The lowest BCUT2D eigenvalue weighted by Gasteiger charge is -2.24. The van der Waals surface area contributed by atoms with E-state index in [0.717, 1.165) is 22.5 Å². The highest BCUT2D eigenvalue weighted by molar-refractivity contribution is 5.89. The first kappa shape index (κ1) is 20.4. The van der Waals surface area contributed by atoms with Crippen molar-refractivity contribution in [2.24, 2.45) is 0 Å². The van der Waals surface area contributed by atoms with E-state index in [2.05, 4.69) is 9.88 Å². The number of amides is 2. The van der Waals surface area contributed by atoms with Gasteiger partial charge < -0.3 is 14.8 Å². The molecule has 1 N–H and O–H groups in total. The Bertz CT molecular complexity index is 1110. The first-order valence-corrected chi connectivity index (χ1v) is 10.2. The maximum atomic E-state index is 13.2. The molecule has 4 aromatic rings. The molecule has 31 heavy (non-hydrogen) atoms. The van der Waals surface area contributed by atoms with E-state index < -0.39 is 0 Å². The predicted octanol–water partition coefficient (Wildman–Crippen LogP) is 5.91. The molecule has 4 rings (SSSR count). The smallest absolute Gasteiger partial charge is 0.322 e. The number of para-hydroxylation sites is 1. The fourth-order valence-electron chi connectivity index (χ4n) is 3.46. The highest BCUT2D eigenvalue weighted by Crippen LogP contribution is 2.16. The van der Waals surface area contributed by atoms with E-state index in [1.807, 2.05) is 79.0 Å². The number of benzene rings is 3. The Kier molecular flexibility index (Phi) is 6.43. The summed E-state index contributed by atoms with van der Waals surface area (Å²) in [7, 11) is 0. The summed E-state index contributed by atoms with van der Waals surface area (Å²) in [5, 5.41) is 2.99. The lowest BCUT2D eigenvalue weighted by molar-refractivity contribution is 0.205. The van der Waals surface area contributed by atoms with Gasteiger partial charge in [-0.25, -0.2) is 9.18 Å². The molecule has 0 atom stereocenters. The van der Waals surface area contributed by atoms with Crippen molar-refractivity contribution in [1.82, 2.24) is 9.47 Å². The predicted molar refractivity (Wildman–Crippen MR) is 121 cm³/mol. The zero-order chi connectivity index (χ0) is 21.5. The van der Waals surface area contributed by atoms with Gasteiger partial charge in [-0.05, 0) is 47.5 Å². The maximum Gasteiger partial charge on any atom is 0.322 e. The number of carbonyl (C=O) groups excluding carboxylic acids is 1. The summed E-state index contributed by atoms with van der Waals surface area (Å²) in [5.74, 6) is -0.247. The monoisotopic (exact) mass is 413 g/mol. The van der Waals surface area contributed by atoms with Gasteiger partial charge in [-0.3, -0.25) is 0 Å². The molecular weight excluding hydrogens is 389 g/mol. The summed E-state index contributed by atoms with van der Waals surface area (Å²) < 4.78 is 15.3. The SMILES string of the molecule is O=C(Nc1ccccc1)N(Cc1ccccc1)Cc1cccn1Cc1ccc(F)cc1. The molecule has 0 saturated heterocycles. The molecule has 0 spiro atoms. The topological polar surface area (TPSA) is 37.3 Å². The summed E-state index contributed by atoms with van der Waals surface area (Å²) in [6.45, 7) is 1.55. The number of urea groups is 1. The number of hydrogen-bond acceptors (Lipinski definition) is 1. The van der Waals surface area contributed by atoms with Gasteiger partial charge in [0.15, 0.2) is 0 Å². The maximum absolute atomic E-state index is 13.2. The highest BCUT2D eigenvalue weighted by atomic mass is 19.1. The van der Waals surface area contributed by atoms with Crippen LogP contribution in [0.3, 0.4) is 0 Å². The van der Waals surface area contributed by atoms with Crippen molar-refractivity contribution < 1.29 is 9.18 Å². The number of anilines is 1. The Labute approximate surface area is 181 Å². The van der Waals surface area contributed by atoms with E-state index in [1.165, 1.54) is 12.1 Å². The van der Waals surface area contributed by atoms with E-state index in [4.69, 9.17) is 0 Å². The van der Waals surface area contributed by atoms with Crippen molar-refractivity contribution in [3.63, 3.8) is 0 Å². The van der Waals surface area contributed by atoms with E-state index in [1.54, 1.807) is 17.0 Å². The summed E-state index contributed by atoms with van der Waals surface area (Å²) in [6.07, 6.45) is 1.98. The van der Waals surface area contributed by atoms with Crippen LogP contribution >= 0.6 is 0 Å². The number of rotatable bonds is 7. The summed E-state index contributed by atoms with van der Waals surface area (Å²) in [5.41, 5.74) is 3.82. The lowest BCUT2D eigenvalue weighted by Crippen LogP contribution is -2.34. The van der Waals surface area contributed by atoms with Crippen LogP contribution in [0.1, 0.15) is 16.8 Å². The number of hydrogen-bond donors (Lipinski definition) is 1. The minimum absolute atomic E-state index is 0.162. The van der Waals surface area contributed by atoms with Crippen LogP contribution in [0.2, 0.25) is 0 Å². The summed E-state index contributed by atoms with van der Waals surface area (Å²) in [6, 6.07) is 29.7. The average molecular weight is 413 g/mol. The Hall–Kier alpha value is -3.86. The fraction of sp³-hybridized carbons (Fsp3) is 0.115. The van der Waals surface area contributed by atoms with Crippen LogP contribution in [0.15, 0.2) is 103 Å². The van der Waals surface area contributed by atoms with E-state index in [-0.39, 0.29) is 11.8 Å². The Morgan fingerprint density at radius 3 is 2.16 bits per heavy atom.